The molecule has 19 heavy (non-hydrogen) atoms. The Balaban J connectivity index is 1.93. The minimum atomic E-state index is 0.0682. The molecule has 4 nitrogen and oxygen atoms in total. The number of hydrogen-bond donors (Lipinski definition) is 2. The number of aromatic nitrogens is 1. The van der Waals surface area contributed by atoms with Gasteiger partial charge in [0.1, 0.15) is 0 Å². The normalized spacial score (nSPS) is 10.6. The van der Waals surface area contributed by atoms with Crippen LogP contribution in [0.4, 0.5) is 0 Å². The third-order valence-electron chi connectivity index (χ3n) is 3.04. The molecular weight excluding hydrogens is 238 g/mol. The summed E-state index contributed by atoms with van der Waals surface area (Å²) in [5.74, 6) is 0.0682. The van der Waals surface area contributed by atoms with E-state index in [-0.39, 0.29) is 5.91 Å². The Labute approximate surface area is 113 Å². The number of nitrogens with one attached hydrogen (secondary N) is 1. The second-order valence-corrected chi connectivity index (χ2v) is 4.48. The van der Waals surface area contributed by atoms with Crippen LogP contribution in [0.15, 0.2) is 36.5 Å². The molecule has 2 aromatic rings. The summed E-state index contributed by atoms with van der Waals surface area (Å²) >= 11 is 0. The maximum Gasteiger partial charge on any atom is 0.220 e. The number of pyridine rings is 1. The lowest BCUT2D eigenvalue weighted by Gasteiger charge is -2.07. The van der Waals surface area contributed by atoms with Crippen molar-refractivity contribution in [3.63, 3.8) is 0 Å². The van der Waals surface area contributed by atoms with Gasteiger partial charge in [0.15, 0.2) is 0 Å². The molecule has 0 bridgehead atoms. The van der Waals surface area contributed by atoms with Gasteiger partial charge in [0.05, 0.1) is 5.52 Å². The molecular formula is C15H19N3O. The van der Waals surface area contributed by atoms with E-state index < -0.39 is 0 Å². The first-order valence-corrected chi connectivity index (χ1v) is 6.60. The standard InChI is InChI=1S/C15H19N3O/c16-9-2-7-14(19)17-11-8-13-5-1-4-12-6-3-10-18-15(12)13/h1,3-6,10H,2,7-9,11,16H2,(H,17,19). The molecule has 1 aromatic heterocycles. The number of carbonyl (C=O) groups excluding carboxylic acids is 1. The monoisotopic (exact) mass is 257 g/mol. The van der Waals surface area contributed by atoms with E-state index in [1.54, 1.807) is 6.20 Å². The van der Waals surface area contributed by atoms with Gasteiger partial charge in [-0.3, -0.25) is 9.78 Å². The largest absolute Gasteiger partial charge is 0.356 e. The second kappa shape index (κ2) is 6.85. The molecule has 0 radical (unpaired) electrons. The van der Waals surface area contributed by atoms with Gasteiger partial charge in [-0.15, -0.1) is 0 Å². The van der Waals surface area contributed by atoms with Crippen LogP contribution < -0.4 is 11.1 Å². The van der Waals surface area contributed by atoms with Crippen molar-refractivity contribution in [2.75, 3.05) is 13.1 Å². The van der Waals surface area contributed by atoms with Crippen LogP contribution >= 0.6 is 0 Å². The highest BCUT2D eigenvalue weighted by Gasteiger charge is 2.03. The summed E-state index contributed by atoms with van der Waals surface area (Å²) in [5.41, 5.74) is 7.55. The lowest BCUT2D eigenvalue weighted by molar-refractivity contribution is -0.121. The minimum absolute atomic E-state index is 0.0682. The summed E-state index contributed by atoms with van der Waals surface area (Å²) in [7, 11) is 0. The molecule has 0 spiro atoms. The Kier molecular flexibility index (Phi) is 4.86. The van der Waals surface area contributed by atoms with Gasteiger partial charge in [0.2, 0.25) is 5.91 Å². The number of nitrogens with zero attached hydrogens (tertiary/aromatic N) is 1. The average Bonchev–Trinajstić information content (AvgIpc) is 2.45. The van der Waals surface area contributed by atoms with Gasteiger partial charge in [-0.05, 0) is 31.0 Å². The third-order valence-corrected chi connectivity index (χ3v) is 3.04. The van der Waals surface area contributed by atoms with Crippen LogP contribution in [0, 0.1) is 0 Å². The van der Waals surface area contributed by atoms with Gasteiger partial charge in [0.25, 0.3) is 0 Å². The van der Waals surface area contributed by atoms with E-state index in [0.29, 0.717) is 19.5 Å². The molecule has 0 aliphatic carbocycles. The Bertz CT molecular complexity index is 549. The van der Waals surface area contributed by atoms with E-state index in [1.165, 1.54) is 0 Å². The maximum atomic E-state index is 11.5. The summed E-state index contributed by atoms with van der Waals surface area (Å²) in [6, 6.07) is 10.1. The second-order valence-electron chi connectivity index (χ2n) is 4.48. The van der Waals surface area contributed by atoms with Gasteiger partial charge in [-0.2, -0.15) is 0 Å². The number of hydrogen-bond acceptors (Lipinski definition) is 3. The van der Waals surface area contributed by atoms with Gasteiger partial charge >= 0.3 is 0 Å². The molecule has 0 unspecified atom stereocenters. The van der Waals surface area contributed by atoms with Crippen molar-refractivity contribution in [2.45, 2.75) is 19.3 Å². The Hall–Kier alpha value is -1.94. The van der Waals surface area contributed by atoms with Crippen LogP contribution in [-0.2, 0) is 11.2 Å². The number of para-hydroxylation sites is 1. The lowest BCUT2D eigenvalue weighted by atomic mass is 10.1. The molecule has 0 saturated heterocycles. The first-order chi connectivity index (χ1) is 9.31. The summed E-state index contributed by atoms with van der Waals surface area (Å²) in [6.07, 6.45) is 3.83. The summed E-state index contributed by atoms with van der Waals surface area (Å²) in [6.45, 7) is 1.19. The predicted molar refractivity (Wildman–Crippen MR) is 76.7 cm³/mol. The number of amides is 1. The molecule has 0 aliphatic rings. The van der Waals surface area contributed by atoms with E-state index in [0.717, 1.165) is 29.3 Å². The molecule has 0 fully saturated rings. The third kappa shape index (κ3) is 3.76. The van der Waals surface area contributed by atoms with Crippen molar-refractivity contribution in [2.24, 2.45) is 5.73 Å². The minimum Gasteiger partial charge on any atom is -0.356 e. The van der Waals surface area contributed by atoms with Gasteiger partial charge in [0, 0.05) is 24.5 Å². The highest BCUT2D eigenvalue weighted by molar-refractivity contribution is 5.81. The predicted octanol–water partition coefficient (Wildman–Crippen LogP) is 1.63. The van der Waals surface area contributed by atoms with Crippen LogP contribution in [0.5, 0.6) is 0 Å². The Morgan fingerprint density at radius 1 is 1.26 bits per heavy atom. The zero-order chi connectivity index (χ0) is 13.5. The Morgan fingerprint density at radius 3 is 2.95 bits per heavy atom. The molecule has 100 valence electrons. The van der Waals surface area contributed by atoms with Gasteiger partial charge in [-0.25, -0.2) is 0 Å². The quantitative estimate of drug-likeness (QED) is 0.826. The van der Waals surface area contributed by atoms with Crippen molar-refractivity contribution < 1.29 is 4.79 Å². The molecule has 0 atom stereocenters. The number of carbonyl (C=O) groups is 1. The highest BCUT2D eigenvalue weighted by atomic mass is 16.1. The van der Waals surface area contributed by atoms with E-state index in [4.69, 9.17) is 5.73 Å². The number of fused-ring (bicyclic) bond motifs is 1. The molecule has 0 saturated carbocycles. The van der Waals surface area contributed by atoms with Crippen LogP contribution in [0.1, 0.15) is 18.4 Å². The SMILES string of the molecule is NCCCC(=O)NCCc1cccc2cccnc12. The topological polar surface area (TPSA) is 68.0 Å². The van der Waals surface area contributed by atoms with Crippen LogP contribution in [0.25, 0.3) is 10.9 Å². The zero-order valence-electron chi connectivity index (χ0n) is 10.9. The van der Waals surface area contributed by atoms with Gasteiger partial charge < -0.3 is 11.1 Å². The summed E-state index contributed by atoms with van der Waals surface area (Å²) in [5, 5.41) is 4.04. The summed E-state index contributed by atoms with van der Waals surface area (Å²) in [4.78, 5) is 15.9. The van der Waals surface area contributed by atoms with Crippen LogP contribution in [0.2, 0.25) is 0 Å². The van der Waals surface area contributed by atoms with Crippen LogP contribution in [-0.4, -0.2) is 24.0 Å². The van der Waals surface area contributed by atoms with E-state index in [1.807, 2.05) is 24.3 Å². The maximum absolute atomic E-state index is 11.5. The van der Waals surface area contributed by atoms with Gasteiger partial charge in [-0.1, -0.05) is 24.3 Å². The van der Waals surface area contributed by atoms with Crippen molar-refractivity contribution in [1.29, 1.82) is 0 Å². The lowest BCUT2D eigenvalue weighted by Crippen LogP contribution is -2.26. The average molecular weight is 257 g/mol. The zero-order valence-corrected chi connectivity index (χ0v) is 10.9. The summed E-state index contributed by atoms with van der Waals surface area (Å²) < 4.78 is 0. The highest BCUT2D eigenvalue weighted by Crippen LogP contribution is 2.15. The molecule has 3 N–H and O–H groups in total. The number of nitrogens with two attached hydrogens (primary N) is 1. The first kappa shape index (κ1) is 13.5. The number of benzene rings is 1. The smallest absolute Gasteiger partial charge is 0.220 e. The fourth-order valence-corrected chi connectivity index (χ4v) is 2.06. The van der Waals surface area contributed by atoms with E-state index in [9.17, 15) is 4.79 Å². The van der Waals surface area contributed by atoms with Crippen LogP contribution in [0.3, 0.4) is 0 Å². The van der Waals surface area contributed by atoms with Crippen molar-refractivity contribution in [3.8, 4) is 0 Å². The van der Waals surface area contributed by atoms with E-state index >= 15 is 0 Å². The number of rotatable bonds is 6. The van der Waals surface area contributed by atoms with Crippen molar-refractivity contribution >= 4 is 16.8 Å². The fraction of sp³-hybridized carbons (Fsp3) is 0.333. The molecule has 0 aliphatic heterocycles. The fourth-order valence-electron chi connectivity index (χ4n) is 2.06. The first-order valence-electron chi connectivity index (χ1n) is 6.60. The van der Waals surface area contributed by atoms with Crippen molar-refractivity contribution in [1.82, 2.24) is 10.3 Å². The van der Waals surface area contributed by atoms with Crippen molar-refractivity contribution in [3.05, 3.63) is 42.1 Å². The van der Waals surface area contributed by atoms with E-state index in [2.05, 4.69) is 16.4 Å². The molecule has 4 heteroatoms. The molecule has 1 heterocycles. The molecule has 1 amide bonds. The molecule has 2 rings (SSSR count). The Morgan fingerprint density at radius 2 is 2.11 bits per heavy atom. The molecule has 1 aromatic carbocycles.